The molecule has 1 unspecified atom stereocenters. The number of rotatable bonds is 10. The maximum atomic E-state index is 15.7. The lowest BCUT2D eigenvalue weighted by molar-refractivity contribution is -0.136. The van der Waals surface area contributed by atoms with Crippen LogP contribution in [0.1, 0.15) is 39.1 Å². The average molecular weight is 848 g/mol. The first-order valence-electron chi connectivity index (χ1n) is 20.2. The summed E-state index contributed by atoms with van der Waals surface area (Å²) in [5.74, 6) is -1.35. The Morgan fingerprint density at radius 1 is 0.852 bits per heavy atom. The van der Waals surface area contributed by atoms with Crippen LogP contribution in [0.15, 0.2) is 66.9 Å². The van der Waals surface area contributed by atoms with Crippen molar-refractivity contribution in [3.63, 3.8) is 0 Å². The second-order valence-electron chi connectivity index (χ2n) is 16.2. The third-order valence-corrected chi connectivity index (χ3v) is 13.4. The number of halogens is 1. The topological polar surface area (TPSA) is 196 Å². The van der Waals surface area contributed by atoms with Crippen molar-refractivity contribution in [2.24, 2.45) is 5.92 Å². The van der Waals surface area contributed by atoms with E-state index in [0.29, 0.717) is 71.6 Å². The van der Waals surface area contributed by atoms with Gasteiger partial charge in [-0.1, -0.05) is 12.1 Å². The molecule has 7 heterocycles. The summed E-state index contributed by atoms with van der Waals surface area (Å²) in [6, 6.07) is 16.6. The van der Waals surface area contributed by atoms with Gasteiger partial charge < -0.3 is 25.4 Å². The number of sulfonamides is 1. The van der Waals surface area contributed by atoms with Gasteiger partial charge in [0.25, 0.3) is 11.8 Å². The van der Waals surface area contributed by atoms with Crippen LogP contribution < -0.4 is 30.1 Å². The summed E-state index contributed by atoms with van der Waals surface area (Å²) in [6.07, 6.45) is 3.74. The van der Waals surface area contributed by atoms with Gasteiger partial charge in [-0.25, -0.2) is 12.8 Å². The van der Waals surface area contributed by atoms with Crippen LogP contribution in [0, 0.1) is 11.7 Å². The van der Waals surface area contributed by atoms with Crippen molar-refractivity contribution in [1.29, 1.82) is 0 Å². The van der Waals surface area contributed by atoms with Crippen molar-refractivity contribution in [1.82, 2.24) is 30.1 Å². The number of amides is 4. The van der Waals surface area contributed by atoms with Crippen molar-refractivity contribution in [2.75, 3.05) is 83.4 Å². The number of para-hydroxylation sites is 1. The standard InChI is InChI=1S/C42H42FN11O6S/c1-61(59,60)53-14-12-25-3-2-4-32(36(25)53)46-38-29-11-13-44-37(29)48-42(49-38)45-26-5-8-33(31(43)19-26)51-17-15-50(16-18-51)21-24-22-52(23-24)27-6-7-28-30(20-27)41(58)54(40(28)57)34-9-10-35(55)47-39(34)56/h2-8,11,13,19-20,24,34H,9-10,12,14-18,21-23H2,1H3,(H,47,55,56)(H3,44,45,46,48,49). The van der Waals surface area contributed by atoms with Crippen LogP contribution in [0.3, 0.4) is 0 Å². The number of piperidine rings is 1. The number of hydrogen-bond donors (Lipinski definition) is 4. The predicted molar refractivity (Wildman–Crippen MR) is 227 cm³/mol. The zero-order valence-corrected chi connectivity index (χ0v) is 34.0. The summed E-state index contributed by atoms with van der Waals surface area (Å²) < 4.78 is 42.3. The molecule has 0 bridgehead atoms. The second-order valence-corrected chi connectivity index (χ2v) is 18.1. The molecule has 0 spiro atoms. The summed E-state index contributed by atoms with van der Waals surface area (Å²) in [5, 5.41) is 9.41. The molecule has 5 aromatic rings. The quantitative estimate of drug-likeness (QED) is 0.149. The van der Waals surface area contributed by atoms with Crippen molar-refractivity contribution in [3.05, 3.63) is 89.4 Å². The molecule has 3 aromatic carbocycles. The highest BCUT2D eigenvalue weighted by Crippen LogP contribution is 2.40. The lowest BCUT2D eigenvalue weighted by atomic mass is 9.97. The fourth-order valence-corrected chi connectivity index (χ4v) is 10.1. The SMILES string of the molecule is CS(=O)(=O)N1CCc2cccc(Nc3nc(Nc4ccc(N5CCN(CC6CN(c7ccc8c(c7)C(=O)N(C7CCC(=O)NC7=O)C8=O)C6)CC5)c(F)c4)nc4[nH]ccc34)c21. The number of anilines is 7. The van der Waals surface area contributed by atoms with Crippen molar-refractivity contribution < 1.29 is 32.0 Å². The molecule has 61 heavy (non-hydrogen) atoms. The van der Waals surface area contributed by atoms with E-state index in [4.69, 9.17) is 4.98 Å². The van der Waals surface area contributed by atoms with E-state index >= 15 is 4.39 Å². The first-order valence-corrected chi connectivity index (χ1v) is 22.1. The fraction of sp³-hybridized carbons (Fsp3) is 0.333. The van der Waals surface area contributed by atoms with Crippen LogP contribution in [-0.4, -0.2) is 121 Å². The number of hydrogen-bond acceptors (Lipinski definition) is 13. The minimum Gasteiger partial charge on any atom is -0.371 e. The molecule has 2 aromatic heterocycles. The molecule has 0 aliphatic carbocycles. The number of H-pyrrole nitrogens is 1. The number of imide groups is 2. The Morgan fingerprint density at radius 3 is 2.43 bits per heavy atom. The summed E-state index contributed by atoms with van der Waals surface area (Å²) in [6.45, 7) is 5.68. The smallest absolute Gasteiger partial charge is 0.262 e. The van der Waals surface area contributed by atoms with E-state index in [1.165, 1.54) is 16.6 Å². The highest BCUT2D eigenvalue weighted by molar-refractivity contribution is 7.92. The molecular formula is C42H42FN11O6S. The molecule has 1 atom stereocenters. The van der Waals surface area contributed by atoms with E-state index in [9.17, 15) is 27.6 Å². The van der Waals surface area contributed by atoms with Crippen molar-refractivity contribution in [3.8, 4) is 0 Å². The average Bonchev–Trinajstić information content (AvgIpc) is 3.94. The third-order valence-electron chi connectivity index (χ3n) is 12.2. The molecule has 3 fully saturated rings. The van der Waals surface area contributed by atoms with E-state index in [1.807, 2.05) is 35.2 Å². The minimum atomic E-state index is -3.48. The van der Waals surface area contributed by atoms with E-state index in [2.05, 4.69) is 35.7 Å². The van der Waals surface area contributed by atoms with Gasteiger partial charge in [0.2, 0.25) is 27.8 Å². The first kappa shape index (κ1) is 38.6. The molecule has 17 nitrogen and oxygen atoms in total. The van der Waals surface area contributed by atoms with E-state index < -0.39 is 39.7 Å². The van der Waals surface area contributed by atoms with Crippen LogP contribution in [0.4, 0.5) is 44.6 Å². The van der Waals surface area contributed by atoms with Crippen molar-refractivity contribution >= 4 is 84.9 Å². The molecule has 0 radical (unpaired) electrons. The molecule has 4 amide bonds. The Kier molecular flexibility index (Phi) is 9.39. The number of fused-ring (bicyclic) bond motifs is 3. The van der Waals surface area contributed by atoms with Gasteiger partial charge in [0.05, 0.1) is 39.8 Å². The summed E-state index contributed by atoms with van der Waals surface area (Å²) in [5.41, 5.74) is 5.04. The number of piperazine rings is 1. The van der Waals surface area contributed by atoms with Crippen LogP contribution in [0.2, 0.25) is 0 Å². The van der Waals surface area contributed by atoms with Crippen molar-refractivity contribution in [2.45, 2.75) is 25.3 Å². The number of aromatic nitrogens is 3. The Balaban J connectivity index is 0.741. The summed E-state index contributed by atoms with van der Waals surface area (Å²) in [4.78, 5) is 70.4. The first-order chi connectivity index (χ1) is 29.4. The normalized spacial score (nSPS) is 19.7. The highest BCUT2D eigenvalue weighted by atomic mass is 32.2. The number of nitrogens with zero attached hydrogens (tertiary/aromatic N) is 7. The van der Waals surface area contributed by atoms with Gasteiger partial charge in [0.15, 0.2) is 0 Å². The zero-order chi connectivity index (χ0) is 42.2. The number of aromatic amines is 1. The second kappa shape index (κ2) is 14.8. The molecule has 10 rings (SSSR count). The molecule has 3 saturated heterocycles. The maximum Gasteiger partial charge on any atom is 0.262 e. The number of benzene rings is 3. The molecule has 314 valence electrons. The number of nitrogens with one attached hydrogen (secondary N) is 4. The van der Waals surface area contributed by atoms with Gasteiger partial charge in [-0.15, -0.1) is 0 Å². The molecule has 19 heteroatoms. The fourth-order valence-electron chi connectivity index (χ4n) is 9.13. The molecule has 5 aliphatic heterocycles. The lowest BCUT2D eigenvalue weighted by Gasteiger charge is -2.45. The molecule has 0 saturated carbocycles. The van der Waals surface area contributed by atoms with Crippen LogP contribution in [-0.2, 0) is 26.0 Å². The van der Waals surface area contributed by atoms with Crippen LogP contribution in [0.5, 0.6) is 0 Å². The lowest BCUT2D eigenvalue weighted by Crippen LogP contribution is -2.55. The largest absolute Gasteiger partial charge is 0.371 e. The molecule has 5 aliphatic rings. The number of carbonyl (C=O) groups excluding carboxylic acids is 4. The Labute approximate surface area is 349 Å². The van der Waals surface area contributed by atoms with Gasteiger partial charge in [-0.3, -0.25) is 38.6 Å². The van der Waals surface area contributed by atoms with Gasteiger partial charge in [0.1, 0.15) is 23.3 Å². The van der Waals surface area contributed by atoms with E-state index in [1.54, 1.807) is 30.5 Å². The maximum absolute atomic E-state index is 15.7. The predicted octanol–water partition coefficient (Wildman–Crippen LogP) is 3.57. The van der Waals surface area contributed by atoms with Crippen LogP contribution >= 0.6 is 0 Å². The van der Waals surface area contributed by atoms with Gasteiger partial charge in [0, 0.05) is 82.3 Å². The summed E-state index contributed by atoms with van der Waals surface area (Å²) in [7, 11) is -3.48. The zero-order valence-electron chi connectivity index (χ0n) is 33.1. The Bertz CT molecular complexity index is 2770. The highest BCUT2D eigenvalue weighted by Gasteiger charge is 2.45. The third kappa shape index (κ3) is 7.06. The van der Waals surface area contributed by atoms with E-state index in [0.717, 1.165) is 48.9 Å². The van der Waals surface area contributed by atoms with E-state index in [-0.39, 0.29) is 35.7 Å². The minimum absolute atomic E-state index is 0.0713. The monoisotopic (exact) mass is 847 g/mol. The van der Waals surface area contributed by atoms with Gasteiger partial charge in [-0.2, -0.15) is 9.97 Å². The Morgan fingerprint density at radius 2 is 1.66 bits per heavy atom. The van der Waals surface area contributed by atoms with Crippen LogP contribution in [0.25, 0.3) is 11.0 Å². The molecular weight excluding hydrogens is 806 g/mol. The van der Waals surface area contributed by atoms with Gasteiger partial charge >= 0.3 is 0 Å². The Hall–Kier alpha value is -6.60. The molecule has 4 N–H and O–H groups in total. The van der Waals surface area contributed by atoms with Gasteiger partial charge in [-0.05, 0) is 66.9 Å². The summed E-state index contributed by atoms with van der Waals surface area (Å²) >= 11 is 0. The number of carbonyl (C=O) groups is 4.